The number of nitrogens with one attached hydrogen (secondary N) is 1. The lowest BCUT2D eigenvalue weighted by Gasteiger charge is -2.05. The Morgan fingerprint density at radius 3 is 2.43 bits per heavy atom. The summed E-state index contributed by atoms with van der Waals surface area (Å²) in [5.74, 6) is -0.421. The van der Waals surface area contributed by atoms with Crippen LogP contribution in [0.25, 0.3) is 0 Å². The fourth-order valence-corrected chi connectivity index (χ4v) is 1.74. The molecule has 108 valence electrons. The van der Waals surface area contributed by atoms with Gasteiger partial charge in [-0.3, -0.25) is 4.79 Å². The summed E-state index contributed by atoms with van der Waals surface area (Å²) in [6.07, 6.45) is 0. The number of hydrogen-bond donors (Lipinski definition) is 1. The van der Waals surface area contributed by atoms with Crippen LogP contribution >= 0.6 is 0 Å². The van der Waals surface area contributed by atoms with Crippen molar-refractivity contribution >= 4 is 11.6 Å². The molecule has 21 heavy (non-hydrogen) atoms. The SMILES string of the molecule is COc1ccc(/C(C)=N/NC(=O)c2ccccc2F)cc1. The maximum absolute atomic E-state index is 13.4. The fourth-order valence-electron chi connectivity index (χ4n) is 1.74. The van der Waals surface area contributed by atoms with Gasteiger partial charge in [0.2, 0.25) is 0 Å². The van der Waals surface area contributed by atoms with Crippen LogP contribution < -0.4 is 10.2 Å². The van der Waals surface area contributed by atoms with Crippen LogP contribution in [-0.2, 0) is 0 Å². The largest absolute Gasteiger partial charge is 0.497 e. The predicted octanol–water partition coefficient (Wildman–Crippen LogP) is 2.99. The molecule has 0 aromatic heterocycles. The second kappa shape index (κ2) is 6.65. The number of rotatable bonds is 4. The van der Waals surface area contributed by atoms with Crippen molar-refractivity contribution in [2.75, 3.05) is 7.11 Å². The fraction of sp³-hybridized carbons (Fsp3) is 0.125. The van der Waals surface area contributed by atoms with Gasteiger partial charge in [-0.25, -0.2) is 9.82 Å². The molecule has 0 aliphatic rings. The van der Waals surface area contributed by atoms with E-state index in [9.17, 15) is 9.18 Å². The molecule has 0 unspecified atom stereocenters. The number of amides is 1. The number of methoxy groups -OCH3 is 1. The number of carbonyl (C=O) groups is 1. The van der Waals surface area contributed by atoms with Crippen LogP contribution in [0.5, 0.6) is 5.75 Å². The third-order valence-corrected chi connectivity index (χ3v) is 2.95. The Bertz CT molecular complexity index is 666. The molecule has 0 radical (unpaired) electrons. The van der Waals surface area contributed by atoms with Crippen LogP contribution in [0.3, 0.4) is 0 Å². The minimum Gasteiger partial charge on any atom is -0.497 e. The molecule has 2 aromatic rings. The van der Waals surface area contributed by atoms with Gasteiger partial charge in [-0.05, 0) is 48.9 Å². The Morgan fingerprint density at radius 1 is 1.14 bits per heavy atom. The molecule has 2 rings (SSSR count). The standard InChI is InChI=1S/C16H15FN2O2/c1-11(12-7-9-13(21-2)10-8-12)18-19-16(20)14-5-3-4-6-15(14)17/h3-10H,1-2H3,(H,19,20)/b18-11+. The molecule has 1 amide bonds. The van der Waals surface area contributed by atoms with Crippen LogP contribution in [-0.4, -0.2) is 18.7 Å². The molecule has 5 heteroatoms. The molecule has 2 aromatic carbocycles. The van der Waals surface area contributed by atoms with E-state index in [1.54, 1.807) is 32.2 Å². The molecule has 0 heterocycles. The third-order valence-electron chi connectivity index (χ3n) is 2.95. The average molecular weight is 286 g/mol. The Kier molecular flexibility index (Phi) is 4.66. The topological polar surface area (TPSA) is 50.7 Å². The van der Waals surface area contributed by atoms with Crippen molar-refractivity contribution in [2.45, 2.75) is 6.92 Å². The second-order valence-electron chi connectivity index (χ2n) is 4.35. The number of hydrogen-bond acceptors (Lipinski definition) is 3. The van der Waals surface area contributed by atoms with E-state index in [1.807, 2.05) is 12.1 Å². The second-order valence-corrected chi connectivity index (χ2v) is 4.35. The van der Waals surface area contributed by atoms with Crippen molar-refractivity contribution in [3.8, 4) is 5.75 Å². The molecular formula is C16H15FN2O2. The Labute approximate surface area is 122 Å². The highest BCUT2D eigenvalue weighted by Gasteiger charge is 2.09. The van der Waals surface area contributed by atoms with Gasteiger partial charge in [-0.2, -0.15) is 5.10 Å². The maximum Gasteiger partial charge on any atom is 0.274 e. The predicted molar refractivity (Wildman–Crippen MR) is 79.1 cm³/mol. The van der Waals surface area contributed by atoms with Crippen molar-refractivity contribution < 1.29 is 13.9 Å². The van der Waals surface area contributed by atoms with E-state index in [-0.39, 0.29) is 5.56 Å². The number of benzene rings is 2. The summed E-state index contributed by atoms with van der Waals surface area (Å²) in [6.45, 7) is 1.75. The van der Waals surface area contributed by atoms with Crippen LogP contribution in [0.15, 0.2) is 53.6 Å². The number of hydrazone groups is 1. The zero-order valence-electron chi connectivity index (χ0n) is 11.8. The van der Waals surface area contributed by atoms with Gasteiger partial charge in [0.15, 0.2) is 0 Å². The molecule has 0 bridgehead atoms. The molecule has 0 fully saturated rings. The number of ether oxygens (including phenoxy) is 1. The zero-order valence-corrected chi connectivity index (χ0v) is 11.8. The summed E-state index contributed by atoms with van der Waals surface area (Å²) < 4.78 is 18.5. The van der Waals surface area contributed by atoms with E-state index in [2.05, 4.69) is 10.5 Å². The van der Waals surface area contributed by atoms with E-state index in [1.165, 1.54) is 18.2 Å². The van der Waals surface area contributed by atoms with E-state index < -0.39 is 11.7 Å². The minimum atomic E-state index is -0.582. The lowest BCUT2D eigenvalue weighted by atomic mass is 10.1. The number of halogens is 1. The van der Waals surface area contributed by atoms with Crippen LogP contribution in [0.2, 0.25) is 0 Å². The van der Waals surface area contributed by atoms with Gasteiger partial charge < -0.3 is 4.74 Å². The lowest BCUT2D eigenvalue weighted by molar-refractivity contribution is 0.0951. The first-order valence-electron chi connectivity index (χ1n) is 6.35. The first kappa shape index (κ1) is 14.7. The Morgan fingerprint density at radius 2 is 1.81 bits per heavy atom. The third kappa shape index (κ3) is 3.66. The van der Waals surface area contributed by atoms with E-state index in [0.717, 1.165) is 11.3 Å². The van der Waals surface area contributed by atoms with Crippen LogP contribution in [0, 0.1) is 5.82 Å². The summed E-state index contributed by atoms with van der Waals surface area (Å²) in [5.41, 5.74) is 3.76. The van der Waals surface area contributed by atoms with Gasteiger partial charge in [-0.15, -0.1) is 0 Å². The minimum absolute atomic E-state index is 0.0382. The van der Waals surface area contributed by atoms with E-state index in [4.69, 9.17) is 4.74 Å². The quantitative estimate of drug-likeness (QED) is 0.694. The summed E-state index contributed by atoms with van der Waals surface area (Å²) in [5, 5.41) is 3.98. The van der Waals surface area contributed by atoms with Gasteiger partial charge in [0.1, 0.15) is 11.6 Å². The lowest BCUT2D eigenvalue weighted by Crippen LogP contribution is -2.20. The molecule has 0 saturated carbocycles. The van der Waals surface area contributed by atoms with E-state index in [0.29, 0.717) is 5.71 Å². The van der Waals surface area contributed by atoms with E-state index >= 15 is 0 Å². The smallest absolute Gasteiger partial charge is 0.274 e. The van der Waals surface area contributed by atoms with Gasteiger partial charge >= 0.3 is 0 Å². The summed E-state index contributed by atoms with van der Waals surface area (Å²) in [4.78, 5) is 11.8. The van der Waals surface area contributed by atoms with Gasteiger partial charge in [-0.1, -0.05) is 12.1 Å². The van der Waals surface area contributed by atoms with Crippen molar-refractivity contribution in [3.05, 3.63) is 65.5 Å². The number of nitrogens with zero attached hydrogens (tertiary/aromatic N) is 1. The molecule has 0 aliphatic carbocycles. The zero-order chi connectivity index (χ0) is 15.2. The Hall–Kier alpha value is -2.69. The van der Waals surface area contributed by atoms with Crippen molar-refractivity contribution in [2.24, 2.45) is 5.10 Å². The first-order valence-corrected chi connectivity index (χ1v) is 6.35. The normalized spacial score (nSPS) is 11.1. The van der Waals surface area contributed by atoms with Gasteiger partial charge in [0, 0.05) is 0 Å². The van der Waals surface area contributed by atoms with Crippen molar-refractivity contribution in [1.82, 2.24) is 5.43 Å². The molecule has 0 spiro atoms. The number of carbonyl (C=O) groups excluding carboxylic acids is 1. The highest BCUT2D eigenvalue weighted by atomic mass is 19.1. The summed E-state index contributed by atoms with van der Waals surface area (Å²) in [6, 6.07) is 13.0. The highest BCUT2D eigenvalue weighted by molar-refractivity contribution is 6.00. The van der Waals surface area contributed by atoms with Crippen LogP contribution in [0.4, 0.5) is 4.39 Å². The molecule has 0 saturated heterocycles. The molecule has 0 atom stereocenters. The highest BCUT2D eigenvalue weighted by Crippen LogP contribution is 2.12. The summed E-state index contributed by atoms with van der Waals surface area (Å²) >= 11 is 0. The van der Waals surface area contributed by atoms with Gasteiger partial charge in [0.05, 0.1) is 18.4 Å². The monoisotopic (exact) mass is 286 g/mol. The van der Waals surface area contributed by atoms with Crippen molar-refractivity contribution in [3.63, 3.8) is 0 Å². The maximum atomic E-state index is 13.4. The van der Waals surface area contributed by atoms with Crippen molar-refractivity contribution in [1.29, 1.82) is 0 Å². The Balaban J connectivity index is 2.09. The molecule has 0 aliphatic heterocycles. The average Bonchev–Trinajstić information content (AvgIpc) is 2.52. The molecule has 4 nitrogen and oxygen atoms in total. The molecular weight excluding hydrogens is 271 g/mol. The summed E-state index contributed by atoms with van der Waals surface area (Å²) in [7, 11) is 1.59. The van der Waals surface area contributed by atoms with Crippen LogP contribution in [0.1, 0.15) is 22.8 Å². The first-order chi connectivity index (χ1) is 10.1. The molecule has 1 N–H and O–H groups in total. The van der Waals surface area contributed by atoms with Gasteiger partial charge in [0.25, 0.3) is 5.91 Å².